The van der Waals surface area contributed by atoms with E-state index in [0.717, 1.165) is 4.90 Å². The van der Waals surface area contributed by atoms with Crippen LogP contribution in [0, 0.1) is 5.82 Å². The number of primary amides is 2. The van der Waals surface area contributed by atoms with Gasteiger partial charge in [-0.25, -0.2) is 4.39 Å². The lowest BCUT2D eigenvalue weighted by molar-refractivity contribution is -0.159. The Kier molecular flexibility index (Phi) is 6.20. The van der Waals surface area contributed by atoms with Crippen molar-refractivity contribution in [3.05, 3.63) is 64.6 Å². The molecule has 5 N–H and O–H groups in total. The maximum atomic E-state index is 14.1. The molecule has 1 fully saturated rings. The Morgan fingerprint density at radius 1 is 1.09 bits per heavy atom. The van der Waals surface area contributed by atoms with Gasteiger partial charge in [0.15, 0.2) is 5.69 Å². The van der Waals surface area contributed by atoms with Gasteiger partial charge >= 0.3 is 0 Å². The Morgan fingerprint density at radius 3 is 2.53 bits per heavy atom. The zero-order valence-corrected chi connectivity index (χ0v) is 18.5. The van der Waals surface area contributed by atoms with E-state index in [0.29, 0.717) is 10.9 Å². The van der Waals surface area contributed by atoms with Crippen LogP contribution in [0.3, 0.4) is 0 Å². The smallest absolute Gasteiger partial charge is 0.269 e. The van der Waals surface area contributed by atoms with Crippen molar-refractivity contribution in [1.82, 2.24) is 20.0 Å². The summed E-state index contributed by atoms with van der Waals surface area (Å²) in [5.74, 6) is -3.35. The zero-order valence-electron chi connectivity index (χ0n) is 17.7. The Balaban J connectivity index is 1.52. The van der Waals surface area contributed by atoms with Crippen LogP contribution in [-0.2, 0) is 27.5 Å². The van der Waals surface area contributed by atoms with Crippen LogP contribution in [0.25, 0.3) is 10.9 Å². The van der Waals surface area contributed by atoms with E-state index in [1.54, 1.807) is 30.3 Å². The third-order valence-electron chi connectivity index (χ3n) is 5.70. The number of aromatic nitrogens is 2. The quantitative estimate of drug-likeness (QED) is 0.448. The molecular weight excluding hydrogens is 467 g/mol. The monoisotopic (exact) mass is 486 g/mol. The van der Waals surface area contributed by atoms with Crippen LogP contribution in [0.2, 0.25) is 5.02 Å². The topological polar surface area (TPSA) is 153 Å². The van der Waals surface area contributed by atoms with E-state index in [-0.39, 0.29) is 35.8 Å². The maximum Gasteiger partial charge on any atom is 0.269 e. The Hall–Kier alpha value is -3.99. The molecule has 1 aliphatic rings. The SMILES string of the molecule is NC(=O)c1nn(CC(=O)N2C(C(N)=O)CC2C(=O)NCc2cccc(Cl)c2F)c2ccccc12. The fourth-order valence-corrected chi connectivity index (χ4v) is 4.17. The second-order valence-corrected chi connectivity index (χ2v) is 8.20. The van der Waals surface area contributed by atoms with Gasteiger partial charge in [0.25, 0.3) is 5.91 Å². The van der Waals surface area contributed by atoms with Gasteiger partial charge in [0.2, 0.25) is 17.7 Å². The van der Waals surface area contributed by atoms with Crippen LogP contribution in [0.1, 0.15) is 22.5 Å². The lowest BCUT2D eigenvalue weighted by Crippen LogP contribution is -2.68. The number of nitrogens with zero attached hydrogens (tertiary/aromatic N) is 3. The minimum Gasteiger partial charge on any atom is -0.368 e. The molecule has 2 unspecified atom stereocenters. The predicted octanol–water partition coefficient (Wildman–Crippen LogP) is 0.699. The second-order valence-electron chi connectivity index (χ2n) is 7.79. The van der Waals surface area contributed by atoms with Gasteiger partial charge < -0.3 is 21.7 Å². The minimum atomic E-state index is -0.983. The number of nitrogens with two attached hydrogens (primary N) is 2. The van der Waals surface area contributed by atoms with Gasteiger partial charge in [-0.2, -0.15) is 5.10 Å². The molecule has 2 atom stereocenters. The molecule has 0 saturated carbocycles. The Labute approximate surface area is 197 Å². The number of halogens is 2. The normalized spacial score (nSPS) is 17.3. The van der Waals surface area contributed by atoms with Gasteiger partial charge in [0, 0.05) is 23.9 Å². The molecule has 1 aromatic heterocycles. The molecule has 10 nitrogen and oxygen atoms in total. The van der Waals surface area contributed by atoms with Crippen molar-refractivity contribution in [2.24, 2.45) is 11.5 Å². The first-order chi connectivity index (χ1) is 16.2. The third kappa shape index (κ3) is 4.17. The first kappa shape index (κ1) is 23.2. The van der Waals surface area contributed by atoms with E-state index in [1.165, 1.54) is 16.8 Å². The third-order valence-corrected chi connectivity index (χ3v) is 5.99. The van der Waals surface area contributed by atoms with Crippen LogP contribution in [-0.4, -0.2) is 50.4 Å². The number of rotatable bonds is 7. The Bertz CT molecular complexity index is 1330. The number of amides is 4. The lowest BCUT2D eigenvalue weighted by Gasteiger charge is -2.45. The van der Waals surface area contributed by atoms with Crippen LogP contribution in [0.5, 0.6) is 0 Å². The highest BCUT2D eigenvalue weighted by Gasteiger charge is 2.48. The summed E-state index contributed by atoms with van der Waals surface area (Å²) in [5, 5.41) is 7.07. The van der Waals surface area contributed by atoms with Crippen molar-refractivity contribution in [2.75, 3.05) is 0 Å². The van der Waals surface area contributed by atoms with Gasteiger partial charge in [0.05, 0.1) is 10.5 Å². The van der Waals surface area contributed by atoms with Gasteiger partial charge in [-0.05, 0) is 12.1 Å². The average molecular weight is 487 g/mol. The lowest BCUT2D eigenvalue weighted by atomic mass is 9.91. The predicted molar refractivity (Wildman–Crippen MR) is 120 cm³/mol. The number of carbonyl (C=O) groups excluding carboxylic acids is 4. The number of carbonyl (C=O) groups is 4. The van der Waals surface area contributed by atoms with Gasteiger partial charge in [0.1, 0.15) is 24.4 Å². The average Bonchev–Trinajstić information content (AvgIpc) is 3.12. The molecule has 0 radical (unpaired) electrons. The van der Waals surface area contributed by atoms with Crippen LogP contribution in [0.4, 0.5) is 4.39 Å². The Morgan fingerprint density at radius 2 is 1.82 bits per heavy atom. The molecule has 176 valence electrons. The van der Waals surface area contributed by atoms with Crippen molar-refractivity contribution in [1.29, 1.82) is 0 Å². The zero-order chi connectivity index (χ0) is 24.6. The van der Waals surface area contributed by atoms with E-state index in [9.17, 15) is 23.6 Å². The summed E-state index contributed by atoms with van der Waals surface area (Å²) in [4.78, 5) is 50.5. The van der Waals surface area contributed by atoms with E-state index in [4.69, 9.17) is 23.1 Å². The first-order valence-corrected chi connectivity index (χ1v) is 10.6. The van der Waals surface area contributed by atoms with Crippen LogP contribution < -0.4 is 16.8 Å². The van der Waals surface area contributed by atoms with Crippen LogP contribution >= 0.6 is 11.6 Å². The van der Waals surface area contributed by atoms with E-state index >= 15 is 0 Å². The van der Waals surface area contributed by atoms with Gasteiger partial charge in [-0.3, -0.25) is 23.9 Å². The first-order valence-electron chi connectivity index (χ1n) is 10.3. The summed E-state index contributed by atoms with van der Waals surface area (Å²) in [7, 11) is 0. The standard InChI is InChI=1S/C22H20ClFN6O4/c23-13-6-3-4-11(18(13)24)9-27-22(34)16-8-15(20(25)32)30(16)17(31)10-29-14-7-2-1-5-12(14)19(28-29)21(26)33/h1-7,15-16H,8-10H2,(H2,25,32)(H2,26,33)(H,27,34). The van der Waals surface area contributed by atoms with E-state index < -0.39 is 41.5 Å². The highest BCUT2D eigenvalue weighted by Crippen LogP contribution is 2.28. The van der Waals surface area contributed by atoms with Gasteiger partial charge in [-0.15, -0.1) is 0 Å². The van der Waals surface area contributed by atoms with Crippen molar-refractivity contribution in [3.8, 4) is 0 Å². The maximum absolute atomic E-state index is 14.1. The van der Waals surface area contributed by atoms with E-state index in [1.807, 2.05) is 0 Å². The number of fused-ring (bicyclic) bond motifs is 1. The summed E-state index contributed by atoms with van der Waals surface area (Å²) in [6.45, 7) is -0.513. The summed E-state index contributed by atoms with van der Waals surface area (Å²) in [6, 6.07) is 9.14. The minimum absolute atomic E-state index is 0.00342. The molecule has 1 saturated heterocycles. The molecule has 0 aliphatic carbocycles. The van der Waals surface area contributed by atoms with Crippen molar-refractivity contribution in [3.63, 3.8) is 0 Å². The number of likely N-dealkylation sites (tertiary alicyclic amines) is 1. The summed E-state index contributed by atoms with van der Waals surface area (Å²) in [5.41, 5.74) is 11.4. The molecule has 2 heterocycles. The fourth-order valence-electron chi connectivity index (χ4n) is 3.98. The largest absolute Gasteiger partial charge is 0.368 e. The van der Waals surface area contributed by atoms with Crippen molar-refractivity contribution >= 4 is 46.1 Å². The summed E-state index contributed by atoms with van der Waals surface area (Å²) >= 11 is 5.76. The molecule has 0 spiro atoms. The van der Waals surface area contributed by atoms with Crippen molar-refractivity contribution < 1.29 is 23.6 Å². The van der Waals surface area contributed by atoms with Crippen LogP contribution in [0.15, 0.2) is 42.5 Å². The molecule has 3 aromatic rings. The fraction of sp³-hybridized carbons (Fsp3) is 0.227. The molecule has 1 aliphatic heterocycles. The highest BCUT2D eigenvalue weighted by molar-refractivity contribution is 6.30. The summed E-state index contributed by atoms with van der Waals surface area (Å²) in [6.07, 6.45) is 0.0251. The number of benzene rings is 2. The molecular formula is C22H20ClFN6O4. The van der Waals surface area contributed by atoms with Crippen molar-refractivity contribution in [2.45, 2.75) is 31.6 Å². The molecule has 34 heavy (non-hydrogen) atoms. The van der Waals surface area contributed by atoms with E-state index in [2.05, 4.69) is 10.4 Å². The molecule has 4 rings (SSSR count). The summed E-state index contributed by atoms with van der Waals surface area (Å²) < 4.78 is 15.4. The second kappa shape index (κ2) is 9.10. The number of nitrogens with one attached hydrogen (secondary N) is 1. The highest BCUT2D eigenvalue weighted by atomic mass is 35.5. The molecule has 4 amide bonds. The molecule has 0 bridgehead atoms. The van der Waals surface area contributed by atoms with Gasteiger partial charge in [-0.1, -0.05) is 41.9 Å². The molecule has 2 aromatic carbocycles. The number of para-hydroxylation sites is 1. The molecule has 12 heteroatoms. The number of hydrogen-bond acceptors (Lipinski definition) is 5. The number of hydrogen-bond donors (Lipinski definition) is 3.